The minimum atomic E-state index is 0.444. The normalized spacial score (nSPS) is 10.8. The molecule has 0 aliphatic rings. The number of rotatable bonds is 2. The maximum Gasteiger partial charge on any atom is 0.0951 e. The minimum absolute atomic E-state index is 0.444. The van der Waals surface area contributed by atoms with E-state index in [1.807, 2.05) is 18.2 Å². The van der Waals surface area contributed by atoms with Crippen molar-refractivity contribution >= 4 is 62.8 Å². The van der Waals surface area contributed by atoms with Gasteiger partial charge in [-0.2, -0.15) is 0 Å². The highest BCUT2D eigenvalue weighted by Gasteiger charge is 2.11. The monoisotopic (exact) mass is 337 g/mol. The lowest BCUT2D eigenvalue weighted by Gasteiger charge is -2.13. The van der Waals surface area contributed by atoms with Crippen molar-refractivity contribution in [3.8, 4) is 0 Å². The van der Waals surface area contributed by atoms with Gasteiger partial charge in [-0.05, 0) is 36.4 Å². The smallest absolute Gasteiger partial charge is 0.0951 e. The topological polar surface area (TPSA) is 50.9 Å². The van der Waals surface area contributed by atoms with Crippen LogP contribution in [0.15, 0.2) is 42.6 Å². The van der Waals surface area contributed by atoms with Crippen LogP contribution in [0.1, 0.15) is 0 Å². The molecule has 0 spiro atoms. The Morgan fingerprint density at radius 3 is 2.38 bits per heavy atom. The lowest BCUT2D eigenvalue weighted by molar-refractivity contribution is 1.40. The van der Waals surface area contributed by atoms with Crippen LogP contribution in [0.3, 0.4) is 0 Å². The predicted molar refractivity (Wildman–Crippen MR) is 90.9 cm³/mol. The van der Waals surface area contributed by atoms with Crippen LogP contribution < -0.4 is 11.1 Å². The molecule has 0 saturated heterocycles. The molecule has 0 bridgehead atoms. The first-order chi connectivity index (χ1) is 10.1. The van der Waals surface area contributed by atoms with Gasteiger partial charge in [0.05, 0.1) is 32.0 Å². The molecule has 1 aromatic heterocycles. The highest BCUT2D eigenvalue weighted by molar-refractivity contribution is 6.40. The number of hydrogen-bond acceptors (Lipinski definition) is 3. The van der Waals surface area contributed by atoms with Gasteiger partial charge in [-0.3, -0.25) is 4.98 Å². The van der Waals surface area contributed by atoms with E-state index in [2.05, 4.69) is 10.3 Å². The molecule has 0 fully saturated rings. The maximum absolute atomic E-state index is 6.19. The molecule has 21 heavy (non-hydrogen) atoms. The quantitative estimate of drug-likeness (QED) is 0.605. The fourth-order valence-electron chi connectivity index (χ4n) is 2.09. The Hall–Kier alpha value is -1.68. The summed E-state index contributed by atoms with van der Waals surface area (Å²) in [5.41, 5.74) is 8.31. The lowest BCUT2D eigenvalue weighted by Crippen LogP contribution is -1.96. The third-order valence-electron chi connectivity index (χ3n) is 3.04. The van der Waals surface area contributed by atoms with Crippen LogP contribution in [0.5, 0.6) is 0 Å². The summed E-state index contributed by atoms with van der Waals surface area (Å²) in [6.07, 6.45) is 1.70. The van der Waals surface area contributed by atoms with Gasteiger partial charge >= 0.3 is 0 Å². The van der Waals surface area contributed by atoms with Crippen LogP contribution in [-0.4, -0.2) is 4.98 Å². The van der Waals surface area contributed by atoms with Crippen molar-refractivity contribution in [1.82, 2.24) is 4.98 Å². The van der Waals surface area contributed by atoms with Crippen molar-refractivity contribution in [2.24, 2.45) is 0 Å². The molecule has 3 nitrogen and oxygen atoms in total. The third kappa shape index (κ3) is 2.72. The van der Waals surface area contributed by atoms with Gasteiger partial charge in [0, 0.05) is 17.3 Å². The number of nitrogens with two attached hydrogens (primary N) is 1. The van der Waals surface area contributed by atoms with Gasteiger partial charge in [0.2, 0.25) is 0 Å². The summed E-state index contributed by atoms with van der Waals surface area (Å²) in [5.74, 6) is 0. The first-order valence-electron chi connectivity index (χ1n) is 6.11. The molecule has 0 saturated carbocycles. The van der Waals surface area contributed by atoms with E-state index in [1.165, 1.54) is 0 Å². The Kier molecular flexibility index (Phi) is 3.81. The average Bonchev–Trinajstić information content (AvgIpc) is 2.45. The van der Waals surface area contributed by atoms with Crippen molar-refractivity contribution < 1.29 is 0 Å². The summed E-state index contributed by atoms with van der Waals surface area (Å²) in [6.45, 7) is 0. The summed E-state index contributed by atoms with van der Waals surface area (Å²) in [7, 11) is 0. The fraction of sp³-hybridized carbons (Fsp3) is 0. The zero-order chi connectivity index (χ0) is 15.0. The molecule has 0 aliphatic heterocycles. The van der Waals surface area contributed by atoms with Gasteiger partial charge in [0.25, 0.3) is 0 Å². The van der Waals surface area contributed by atoms with Crippen LogP contribution in [-0.2, 0) is 0 Å². The highest BCUT2D eigenvalue weighted by Crippen LogP contribution is 2.37. The van der Waals surface area contributed by atoms with E-state index >= 15 is 0 Å². The minimum Gasteiger partial charge on any atom is -0.399 e. The Bertz CT molecular complexity index is 811. The first-order valence-corrected chi connectivity index (χ1v) is 7.24. The summed E-state index contributed by atoms with van der Waals surface area (Å²) in [4.78, 5) is 4.36. The van der Waals surface area contributed by atoms with E-state index < -0.39 is 0 Å². The highest BCUT2D eigenvalue weighted by atomic mass is 35.5. The van der Waals surface area contributed by atoms with Crippen LogP contribution in [0.2, 0.25) is 15.1 Å². The second kappa shape index (κ2) is 5.60. The Morgan fingerprint density at radius 1 is 0.952 bits per heavy atom. The van der Waals surface area contributed by atoms with Crippen molar-refractivity contribution in [1.29, 1.82) is 0 Å². The number of anilines is 3. The van der Waals surface area contributed by atoms with E-state index in [9.17, 15) is 0 Å². The summed E-state index contributed by atoms with van der Waals surface area (Å²) >= 11 is 18.6. The fourth-order valence-corrected chi connectivity index (χ4v) is 2.90. The van der Waals surface area contributed by atoms with Gasteiger partial charge in [-0.15, -0.1) is 0 Å². The van der Waals surface area contributed by atoms with E-state index in [-0.39, 0.29) is 0 Å². The Labute approximate surface area is 136 Å². The van der Waals surface area contributed by atoms with Crippen LogP contribution in [0.4, 0.5) is 17.1 Å². The van der Waals surface area contributed by atoms with Gasteiger partial charge in [-0.1, -0.05) is 34.8 Å². The Morgan fingerprint density at radius 2 is 1.67 bits per heavy atom. The molecule has 3 N–H and O–H groups in total. The summed E-state index contributed by atoms with van der Waals surface area (Å²) < 4.78 is 0. The average molecular weight is 339 g/mol. The molecular formula is C15H10Cl3N3. The molecule has 3 aromatic rings. The number of fused-ring (bicyclic) bond motifs is 1. The van der Waals surface area contributed by atoms with Gasteiger partial charge in [-0.25, -0.2) is 0 Å². The number of hydrogen-bond donors (Lipinski definition) is 2. The number of nitrogens with one attached hydrogen (secondary N) is 1. The molecule has 0 atom stereocenters. The largest absolute Gasteiger partial charge is 0.399 e. The maximum atomic E-state index is 6.19. The molecule has 0 amide bonds. The van der Waals surface area contributed by atoms with Crippen LogP contribution in [0.25, 0.3) is 10.9 Å². The van der Waals surface area contributed by atoms with Gasteiger partial charge in [0.1, 0.15) is 0 Å². The first kappa shape index (κ1) is 14.3. The number of benzene rings is 2. The molecule has 3 rings (SSSR count). The third-order valence-corrected chi connectivity index (χ3v) is 3.97. The summed E-state index contributed by atoms with van der Waals surface area (Å²) in [5, 5.41) is 5.58. The Balaban J connectivity index is 2.13. The van der Waals surface area contributed by atoms with Crippen molar-refractivity contribution in [3.63, 3.8) is 0 Å². The molecule has 0 aliphatic carbocycles. The van der Waals surface area contributed by atoms with E-state index in [4.69, 9.17) is 40.5 Å². The van der Waals surface area contributed by atoms with E-state index in [1.54, 1.807) is 24.4 Å². The van der Waals surface area contributed by atoms with Gasteiger partial charge in [0.15, 0.2) is 0 Å². The second-order valence-electron chi connectivity index (χ2n) is 4.48. The number of nitrogen functional groups attached to an aromatic ring is 1. The van der Waals surface area contributed by atoms with Crippen molar-refractivity contribution in [2.75, 3.05) is 11.1 Å². The molecular weight excluding hydrogens is 329 g/mol. The molecule has 1 heterocycles. The van der Waals surface area contributed by atoms with Crippen molar-refractivity contribution in [2.45, 2.75) is 0 Å². The zero-order valence-electron chi connectivity index (χ0n) is 10.7. The van der Waals surface area contributed by atoms with Crippen LogP contribution in [0, 0.1) is 0 Å². The molecule has 6 heteroatoms. The molecule has 0 unspecified atom stereocenters. The predicted octanol–water partition coefficient (Wildman–Crippen LogP) is 5.52. The van der Waals surface area contributed by atoms with Gasteiger partial charge < -0.3 is 11.1 Å². The zero-order valence-corrected chi connectivity index (χ0v) is 13.0. The van der Waals surface area contributed by atoms with E-state index in [0.717, 1.165) is 16.6 Å². The van der Waals surface area contributed by atoms with Crippen molar-refractivity contribution in [3.05, 3.63) is 57.7 Å². The lowest BCUT2D eigenvalue weighted by atomic mass is 10.2. The molecule has 106 valence electrons. The number of pyridine rings is 1. The van der Waals surface area contributed by atoms with Crippen LogP contribution >= 0.6 is 34.8 Å². The molecule has 2 aromatic carbocycles. The number of nitrogens with zero attached hydrogens (tertiary/aromatic N) is 1. The summed E-state index contributed by atoms with van der Waals surface area (Å²) in [6, 6.07) is 10.7. The SMILES string of the molecule is Nc1cc(Cl)c(Nc2ccc(Cl)c3cccnc23)c(Cl)c1. The standard InChI is InChI=1S/C15H10Cl3N3/c16-10-3-4-13(14-9(10)2-1-5-20-14)21-15-11(17)6-8(19)7-12(15)18/h1-7,21H,19H2. The molecule has 0 radical (unpaired) electrons. The van der Waals surface area contributed by atoms with E-state index in [0.29, 0.717) is 26.4 Å². The second-order valence-corrected chi connectivity index (χ2v) is 5.70. The number of halogens is 3. The number of aromatic nitrogens is 1.